The van der Waals surface area contributed by atoms with E-state index in [0.29, 0.717) is 0 Å². The predicted octanol–water partition coefficient (Wildman–Crippen LogP) is 0.600. The van der Waals surface area contributed by atoms with Crippen molar-refractivity contribution in [3.63, 3.8) is 0 Å². The van der Waals surface area contributed by atoms with Crippen LogP contribution in [0.4, 0.5) is 0 Å². The molecule has 0 aliphatic heterocycles. The Morgan fingerprint density at radius 2 is 2.25 bits per heavy atom. The fourth-order valence-corrected chi connectivity index (χ4v) is 1.92. The quantitative estimate of drug-likeness (QED) is 0.682. The Labute approximate surface area is 97.5 Å². The predicted molar refractivity (Wildman–Crippen MR) is 61.4 cm³/mol. The SMILES string of the molecule is CC(NC(=O)CNCC(=O)O)c1cccs1. The molecule has 0 spiro atoms. The summed E-state index contributed by atoms with van der Waals surface area (Å²) in [7, 11) is 0. The zero-order valence-corrected chi connectivity index (χ0v) is 9.71. The van der Waals surface area contributed by atoms with Crippen molar-refractivity contribution in [3.8, 4) is 0 Å². The van der Waals surface area contributed by atoms with Gasteiger partial charge in [-0.05, 0) is 18.4 Å². The summed E-state index contributed by atoms with van der Waals surface area (Å²) in [5, 5.41) is 15.6. The summed E-state index contributed by atoms with van der Waals surface area (Å²) in [6, 6.07) is 3.82. The molecule has 1 rings (SSSR count). The zero-order chi connectivity index (χ0) is 12.0. The van der Waals surface area contributed by atoms with Gasteiger partial charge in [-0.1, -0.05) is 6.07 Å². The van der Waals surface area contributed by atoms with Crippen LogP contribution in [0.3, 0.4) is 0 Å². The molecule has 1 aromatic rings. The molecule has 0 bridgehead atoms. The number of rotatable bonds is 6. The Kier molecular flexibility index (Phi) is 4.94. The van der Waals surface area contributed by atoms with E-state index in [-0.39, 0.29) is 25.0 Å². The topological polar surface area (TPSA) is 78.4 Å². The van der Waals surface area contributed by atoms with Crippen LogP contribution in [0.5, 0.6) is 0 Å². The number of hydrogen-bond acceptors (Lipinski definition) is 4. The Hall–Kier alpha value is -1.40. The summed E-state index contributed by atoms with van der Waals surface area (Å²) in [4.78, 5) is 22.6. The van der Waals surface area contributed by atoms with E-state index in [1.165, 1.54) is 0 Å². The maximum atomic E-state index is 11.4. The van der Waals surface area contributed by atoms with Crippen LogP contribution >= 0.6 is 11.3 Å². The summed E-state index contributed by atoms with van der Waals surface area (Å²) in [5.41, 5.74) is 0. The van der Waals surface area contributed by atoms with Gasteiger partial charge in [0.2, 0.25) is 5.91 Å². The molecule has 3 N–H and O–H groups in total. The van der Waals surface area contributed by atoms with Crippen molar-refractivity contribution < 1.29 is 14.7 Å². The van der Waals surface area contributed by atoms with Crippen molar-refractivity contribution in [1.82, 2.24) is 10.6 Å². The molecule has 1 amide bonds. The summed E-state index contributed by atoms with van der Waals surface area (Å²) < 4.78 is 0. The Morgan fingerprint density at radius 3 is 2.81 bits per heavy atom. The number of aliphatic carboxylic acids is 1. The first-order chi connectivity index (χ1) is 7.59. The van der Waals surface area contributed by atoms with Crippen LogP contribution in [0, 0.1) is 0 Å². The fourth-order valence-electron chi connectivity index (χ4n) is 1.18. The molecule has 0 radical (unpaired) electrons. The maximum absolute atomic E-state index is 11.4. The molecular formula is C10H14N2O3S. The second-order valence-corrected chi connectivity index (χ2v) is 4.28. The molecule has 0 aliphatic carbocycles. The molecule has 0 aliphatic rings. The first-order valence-electron chi connectivity index (χ1n) is 4.85. The minimum absolute atomic E-state index is 0.0159. The smallest absolute Gasteiger partial charge is 0.317 e. The molecule has 1 heterocycles. The molecule has 88 valence electrons. The van der Waals surface area contributed by atoms with Crippen molar-refractivity contribution >= 4 is 23.2 Å². The maximum Gasteiger partial charge on any atom is 0.317 e. The Bertz CT molecular complexity index is 351. The number of carbonyl (C=O) groups is 2. The molecule has 1 unspecified atom stereocenters. The molecule has 1 aromatic heterocycles. The molecule has 5 nitrogen and oxygen atoms in total. The fraction of sp³-hybridized carbons (Fsp3) is 0.400. The van der Waals surface area contributed by atoms with Gasteiger partial charge in [0, 0.05) is 4.88 Å². The van der Waals surface area contributed by atoms with Crippen LogP contribution in [0.1, 0.15) is 17.8 Å². The van der Waals surface area contributed by atoms with Gasteiger partial charge in [0.25, 0.3) is 0 Å². The monoisotopic (exact) mass is 242 g/mol. The highest BCUT2D eigenvalue weighted by atomic mass is 32.1. The number of nitrogens with one attached hydrogen (secondary N) is 2. The van der Waals surface area contributed by atoms with Gasteiger partial charge in [0.05, 0.1) is 19.1 Å². The Morgan fingerprint density at radius 1 is 1.50 bits per heavy atom. The molecule has 16 heavy (non-hydrogen) atoms. The van der Waals surface area contributed by atoms with Gasteiger partial charge in [-0.3, -0.25) is 14.9 Å². The molecule has 0 fully saturated rings. The lowest BCUT2D eigenvalue weighted by Gasteiger charge is -2.12. The van der Waals surface area contributed by atoms with E-state index in [1.807, 2.05) is 24.4 Å². The summed E-state index contributed by atoms with van der Waals surface area (Å²) in [5.74, 6) is -1.18. The van der Waals surface area contributed by atoms with E-state index in [4.69, 9.17) is 5.11 Å². The van der Waals surface area contributed by atoms with Gasteiger partial charge >= 0.3 is 5.97 Å². The molecular weight excluding hydrogens is 228 g/mol. The average Bonchev–Trinajstić information content (AvgIpc) is 2.69. The largest absolute Gasteiger partial charge is 0.480 e. The van der Waals surface area contributed by atoms with Gasteiger partial charge in [-0.2, -0.15) is 0 Å². The molecule has 0 aromatic carbocycles. The number of carboxylic acids is 1. The average molecular weight is 242 g/mol. The summed E-state index contributed by atoms with van der Waals surface area (Å²) in [6.45, 7) is 1.70. The van der Waals surface area contributed by atoms with E-state index in [0.717, 1.165) is 4.88 Å². The minimum Gasteiger partial charge on any atom is -0.480 e. The van der Waals surface area contributed by atoms with E-state index in [1.54, 1.807) is 11.3 Å². The summed E-state index contributed by atoms with van der Waals surface area (Å²) >= 11 is 1.57. The third-order valence-corrected chi connectivity index (χ3v) is 2.96. The van der Waals surface area contributed by atoms with Gasteiger partial charge in [0.1, 0.15) is 0 Å². The highest BCUT2D eigenvalue weighted by Gasteiger charge is 2.09. The van der Waals surface area contributed by atoms with Crippen LogP contribution in [-0.4, -0.2) is 30.1 Å². The van der Waals surface area contributed by atoms with Gasteiger partial charge in [-0.15, -0.1) is 11.3 Å². The minimum atomic E-state index is -0.973. The normalized spacial score (nSPS) is 12.1. The lowest BCUT2D eigenvalue weighted by molar-refractivity contribution is -0.136. The first kappa shape index (κ1) is 12.7. The number of amides is 1. The highest BCUT2D eigenvalue weighted by Crippen LogP contribution is 2.17. The highest BCUT2D eigenvalue weighted by molar-refractivity contribution is 7.10. The third kappa shape index (κ3) is 4.41. The first-order valence-corrected chi connectivity index (χ1v) is 5.73. The molecule has 0 saturated heterocycles. The number of thiophene rings is 1. The lowest BCUT2D eigenvalue weighted by Crippen LogP contribution is -2.37. The van der Waals surface area contributed by atoms with Crippen LogP contribution < -0.4 is 10.6 Å². The zero-order valence-electron chi connectivity index (χ0n) is 8.90. The van der Waals surface area contributed by atoms with E-state index < -0.39 is 5.97 Å². The van der Waals surface area contributed by atoms with Crippen molar-refractivity contribution in [1.29, 1.82) is 0 Å². The molecule has 6 heteroatoms. The third-order valence-electron chi connectivity index (χ3n) is 1.91. The number of hydrogen-bond donors (Lipinski definition) is 3. The number of carboxylic acid groups (broad SMARTS) is 1. The van der Waals surface area contributed by atoms with Gasteiger partial charge < -0.3 is 10.4 Å². The van der Waals surface area contributed by atoms with E-state index in [9.17, 15) is 9.59 Å². The van der Waals surface area contributed by atoms with Crippen LogP contribution in [0.25, 0.3) is 0 Å². The molecule has 0 saturated carbocycles. The van der Waals surface area contributed by atoms with Crippen molar-refractivity contribution in [2.75, 3.05) is 13.1 Å². The number of carbonyl (C=O) groups excluding carboxylic acids is 1. The van der Waals surface area contributed by atoms with Gasteiger partial charge in [0.15, 0.2) is 0 Å². The van der Waals surface area contributed by atoms with Crippen molar-refractivity contribution in [2.24, 2.45) is 0 Å². The lowest BCUT2D eigenvalue weighted by atomic mass is 10.3. The standard InChI is InChI=1S/C10H14N2O3S/c1-7(8-3-2-4-16-8)12-9(13)5-11-6-10(14)15/h2-4,7,11H,5-6H2,1H3,(H,12,13)(H,14,15). The van der Waals surface area contributed by atoms with Crippen LogP contribution in [-0.2, 0) is 9.59 Å². The van der Waals surface area contributed by atoms with Crippen LogP contribution in [0.15, 0.2) is 17.5 Å². The summed E-state index contributed by atoms with van der Waals surface area (Å²) in [6.07, 6.45) is 0. The Balaban J connectivity index is 2.26. The molecule has 1 atom stereocenters. The van der Waals surface area contributed by atoms with Crippen molar-refractivity contribution in [3.05, 3.63) is 22.4 Å². The van der Waals surface area contributed by atoms with Crippen molar-refractivity contribution in [2.45, 2.75) is 13.0 Å². The second-order valence-electron chi connectivity index (χ2n) is 3.30. The van der Waals surface area contributed by atoms with Gasteiger partial charge in [-0.25, -0.2) is 0 Å². The van der Waals surface area contributed by atoms with Crippen LogP contribution in [0.2, 0.25) is 0 Å². The van der Waals surface area contributed by atoms with E-state index >= 15 is 0 Å². The second kappa shape index (κ2) is 6.24. The van der Waals surface area contributed by atoms with E-state index in [2.05, 4.69) is 10.6 Å².